The van der Waals surface area contributed by atoms with E-state index in [1.807, 2.05) is 4.90 Å². The number of morpholine rings is 1. The minimum Gasteiger partial charge on any atom is -0.481 e. The van der Waals surface area contributed by atoms with Crippen molar-refractivity contribution < 1.29 is 19.4 Å². The molecule has 1 aliphatic heterocycles. The number of carbonyl (C=O) groups excluding carboxylic acids is 1. The number of hydrogen-bond donors (Lipinski definition) is 2. The second-order valence-corrected chi connectivity index (χ2v) is 3.92. The molecule has 6 heteroatoms. The lowest BCUT2D eigenvalue weighted by atomic mass is 10.2. The fourth-order valence-corrected chi connectivity index (χ4v) is 1.69. The summed E-state index contributed by atoms with van der Waals surface area (Å²) in [5, 5.41) is 11.3. The van der Waals surface area contributed by atoms with Gasteiger partial charge in [0.25, 0.3) is 0 Å². The minimum absolute atomic E-state index is 0.0230. The predicted octanol–water partition coefficient (Wildman–Crippen LogP) is -0.536. The van der Waals surface area contributed by atoms with Gasteiger partial charge in [-0.05, 0) is 0 Å². The van der Waals surface area contributed by atoms with Gasteiger partial charge in [0.2, 0.25) is 5.91 Å². The van der Waals surface area contributed by atoms with E-state index in [-0.39, 0.29) is 25.0 Å². The molecular weight excluding hydrogens is 224 g/mol. The van der Waals surface area contributed by atoms with Gasteiger partial charge in [-0.3, -0.25) is 14.5 Å². The lowest BCUT2D eigenvalue weighted by Gasteiger charge is -2.31. The van der Waals surface area contributed by atoms with Gasteiger partial charge in [-0.2, -0.15) is 0 Å². The molecule has 1 atom stereocenters. The number of ether oxygens (including phenoxy) is 1. The smallest absolute Gasteiger partial charge is 0.306 e. The number of carboxylic acid groups (broad SMARTS) is 1. The second kappa shape index (κ2) is 7.03. The van der Waals surface area contributed by atoms with E-state index in [1.54, 1.807) is 6.08 Å². The summed E-state index contributed by atoms with van der Waals surface area (Å²) >= 11 is 0. The zero-order valence-electron chi connectivity index (χ0n) is 9.72. The fourth-order valence-electron chi connectivity index (χ4n) is 1.69. The Morgan fingerprint density at radius 3 is 3.00 bits per heavy atom. The van der Waals surface area contributed by atoms with E-state index in [4.69, 9.17) is 9.84 Å². The van der Waals surface area contributed by atoms with Crippen LogP contribution in [-0.4, -0.2) is 60.8 Å². The summed E-state index contributed by atoms with van der Waals surface area (Å²) in [7, 11) is 0. The standard InChI is InChI=1S/C11H18N2O4/c1-2-3-12-10(14)8-13-4-5-17-9(7-13)6-11(15)16/h2,9H,1,3-8H2,(H,12,14)(H,15,16). The number of rotatable bonds is 6. The number of carbonyl (C=O) groups is 2. The number of carboxylic acids is 1. The molecule has 96 valence electrons. The first kappa shape index (κ1) is 13.7. The van der Waals surface area contributed by atoms with Crippen LogP contribution in [0.2, 0.25) is 0 Å². The highest BCUT2D eigenvalue weighted by molar-refractivity contribution is 5.78. The second-order valence-electron chi connectivity index (χ2n) is 3.92. The minimum atomic E-state index is -0.882. The molecule has 0 saturated carbocycles. The quantitative estimate of drug-likeness (QED) is 0.612. The highest BCUT2D eigenvalue weighted by Gasteiger charge is 2.23. The SMILES string of the molecule is C=CCNC(=O)CN1CCOC(CC(=O)O)C1. The van der Waals surface area contributed by atoms with Crippen molar-refractivity contribution in [1.82, 2.24) is 10.2 Å². The first-order valence-electron chi connectivity index (χ1n) is 5.55. The van der Waals surface area contributed by atoms with Gasteiger partial charge in [0, 0.05) is 19.6 Å². The lowest BCUT2D eigenvalue weighted by molar-refractivity contribution is -0.142. The van der Waals surface area contributed by atoms with Crippen LogP contribution >= 0.6 is 0 Å². The lowest BCUT2D eigenvalue weighted by Crippen LogP contribution is -2.47. The summed E-state index contributed by atoms with van der Waals surface area (Å²) in [5.74, 6) is -0.964. The predicted molar refractivity (Wildman–Crippen MR) is 61.6 cm³/mol. The van der Waals surface area contributed by atoms with Crippen LogP contribution in [0.3, 0.4) is 0 Å². The molecule has 6 nitrogen and oxygen atoms in total. The van der Waals surface area contributed by atoms with Crippen molar-refractivity contribution in [2.24, 2.45) is 0 Å². The number of hydrogen-bond acceptors (Lipinski definition) is 4. The summed E-state index contributed by atoms with van der Waals surface area (Å²) in [4.78, 5) is 23.9. The molecule has 1 amide bonds. The normalized spacial score (nSPS) is 20.8. The number of nitrogens with zero attached hydrogens (tertiary/aromatic N) is 1. The summed E-state index contributed by atoms with van der Waals surface area (Å²) in [6, 6.07) is 0. The van der Waals surface area contributed by atoms with Crippen LogP contribution in [-0.2, 0) is 14.3 Å². The largest absolute Gasteiger partial charge is 0.481 e. The van der Waals surface area contributed by atoms with Crippen LogP contribution in [0.1, 0.15) is 6.42 Å². The Bertz CT molecular complexity index is 293. The third-order valence-corrected chi connectivity index (χ3v) is 2.44. The van der Waals surface area contributed by atoms with Crippen LogP contribution in [0, 0.1) is 0 Å². The van der Waals surface area contributed by atoms with Gasteiger partial charge < -0.3 is 15.2 Å². The summed E-state index contributed by atoms with van der Waals surface area (Å²) in [5.41, 5.74) is 0. The van der Waals surface area contributed by atoms with Gasteiger partial charge in [0.1, 0.15) is 0 Å². The molecule has 1 rings (SSSR count). The Hall–Kier alpha value is -1.40. The van der Waals surface area contributed by atoms with Crippen molar-refractivity contribution >= 4 is 11.9 Å². The maximum absolute atomic E-state index is 11.4. The van der Waals surface area contributed by atoms with Gasteiger partial charge in [-0.1, -0.05) is 6.08 Å². The molecule has 1 saturated heterocycles. The van der Waals surface area contributed by atoms with Crippen LogP contribution in [0.25, 0.3) is 0 Å². The molecule has 0 aromatic rings. The van der Waals surface area contributed by atoms with Crippen molar-refractivity contribution in [3.63, 3.8) is 0 Å². The Kier molecular flexibility index (Phi) is 5.65. The van der Waals surface area contributed by atoms with E-state index in [9.17, 15) is 9.59 Å². The topological polar surface area (TPSA) is 78.9 Å². The zero-order valence-corrected chi connectivity index (χ0v) is 9.72. The fraction of sp³-hybridized carbons (Fsp3) is 0.636. The van der Waals surface area contributed by atoms with Crippen molar-refractivity contribution in [2.75, 3.05) is 32.8 Å². The first-order chi connectivity index (χ1) is 8.11. The zero-order chi connectivity index (χ0) is 12.7. The molecule has 2 N–H and O–H groups in total. The molecule has 1 unspecified atom stereocenters. The van der Waals surface area contributed by atoms with E-state index in [0.717, 1.165) is 0 Å². The number of aliphatic carboxylic acids is 1. The molecule has 0 aromatic carbocycles. The molecule has 1 aliphatic rings. The maximum atomic E-state index is 11.4. The van der Waals surface area contributed by atoms with Crippen molar-refractivity contribution in [2.45, 2.75) is 12.5 Å². The van der Waals surface area contributed by atoms with Crippen LogP contribution in [0.5, 0.6) is 0 Å². The van der Waals surface area contributed by atoms with Gasteiger partial charge in [-0.15, -0.1) is 6.58 Å². The molecule has 0 bridgehead atoms. The molecule has 0 radical (unpaired) electrons. The Morgan fingerprint density at radius 2 is 2.35 bits per heavy atom. The molecule has 1 fully saturated rings. The maximum Gasteiger partial charge on any atom is 0.306 e. The average molecular weight is 242 g/mol. The van der Waals surface area contributed by atoms with Crippen LogP contribution < -0.4 is 5.32 Å². The van der Waals surface area contributed by atoms with E-state index in [2.05, 4.69) is 11.9 Å². The Labute approximate surface area is 100 Å². The highest BCUT2D eigenvalue weighted by atomic mass is 16.5. The van der Waals surface area contributed by atoms with Gasteiger partial charge in [-0.25, -0.2) is 0 Å². The van der Waals surface area contributed by atoms with E-state index < -0.39 is 5.97 Å². The Balaban J connectivity index is 2.31. The molecular formula is C11H18N2O4. The summed E-state index contributed by atoms with van der Waals surface area (Å²) in [6.45, 7) is 5.82. The Morgan fingerprint density at radius 1 is 1.59 bits per heavy atom. The van der Waals surface area contributed by atoms with E-state index >= 15 is 0 Å². The highest BCUT2D eigenvalue weighted by Crippen LogP contribution is 2.08. The monoisotopic (exact) mass is 242 g/mol. The van der Waals surface area contributed by atoms with Gasteiger partial charge in [0.15, 0.2) is 0 Å². The van der Waals surface area contributed by atoms with Crippen LogP contribution in [0.4, 0.5) is 0 Å². The van der Waals surface area contributed by atoms with Crippen molar-refractivity contribution in [1.29, 1.82) is 0 Å². The van der Waals surface area contributed by atoms with Crippen molar-refractivity contribution in [3.05, 3.63) is 12.7 Å². The molecule has 0 spiro atoms. The summed E-state index contributed by atoms with van der Waals surface area (Å²) in [6.07, 6.45) is 1.27. The van der Waals surface area contributed by atoms with Crippen molar-refractivity contribution in [3.8, 4) is 0 Å². The van der Waals surface area contributed by atoms with Crippen LogP contribution in [0.15, 0.2) is 12.7 Å². The molecule has 0 aliphatic carbocycles. The first-order valence-corrected chi connectivity index (χ1v) is 5.55. The summed E-state index contributed by atoms with van der Waals surface area (Å²) < 4.78 is 5.31. The number of nitrogens with one attached hydrogen (secondary N) is 1. The van der Waals surface area contributed by atoms with E-state index in [0.29, 0.717) is 26.2 Å². The van der Waals surface area contributed by atoms with Gasteiger partial charge in [0.05, 0.1) is 25.7 Å². The third kappa shape index (κ3) is 5.46. The molecule has 17 heavy (non-hydrogen) atoms. The third-order valence-electron chi connectivity index (χ3n) is 2.44. The van der Waals surface area contributed by atoms with E-state index in [1.165, 1.54) is 0 Å². The van der Waals surface area contributed by atoms with Gasteiger partial charge >= 0.3 is 5.97 Å². The number of amides is 1. The molecule has 1 heterocycles. The molecule has 0 aromatic heterocycles. The average Bonchev–Trinajstić information content (AvgIpc) is 2.26.